The summed E-state index contributed by atoms with van der Waals surface area (Å²) in [6.45, 7) is 4.82. The maximum atomic E-state index is 14.2. The molecule has 0 radical (unpaired) electrons. The predicted octanol–water partition coefficient (Wildman–Crippen LogP) is 19.1. The lowest BCUT2D eigenvalue weighted by atomic mass is 10.1. The first-order valence-corrected chi connectivity index (χ1v) is 47.3. The molecule has 1 saturated carbocycles. The van der Waals surface area contributed by atoms with Gasteiger partial charge in [0.1, 0.15) is 52.1 Å². The third-order valence-corrected chi connectivity index (χ3v) is 25.9. The van der Waals surface area contributed by atoms with Gasteiger partial charge in [0.25, 0.3) is 11.8 Å². The number of anilines is 8. The Bertz CT molecular complexity index is 7480. The minimum Gasteiger partial charge on any atom is -0.497 e. The number of thiophene rings is 1. The molecule has 34 nitrogen and oxygen atoms in total. The number of halogens is 2. The summed E-state index contributed by atoms with van der Waals surface area (Å²) in [5, 5.41) is 31.3. The number of esters is 1. The number of aliphatic hydroxyl groups excluding tert-OH is 1. The van der Waals surface area contributed by atoms with E-state index in [0.717, 1.165) is 158 Å². The number of ether oxygens (including phenoxy) is 8. The fraction of sp³-hybridized carbons (Fsp3) is 0.236. The normalized spacial score (nSPS) is 13.1. The number of nitrogens with zero attached hydrogens (tertiary/aromatic N) is 20. The number of amides is 2. The summed E-state index contributed by atoms with van der Waals surface area (Å²) in [4.78, 5) is 89.0. The molecular weight excluding hydrogens is 1890 g/mol. The minimum absolute atomic E-state index is 0. The number of aromatic nitrogens is 16. The Morgan fingerprint density at radius 2 is 0.889 bits per heavy atom. The molecule has 736 valence electrons. The van der Waals surface area contributed by atoms with E-state index in [-0.39, 0.29) is 56.3 Å². The molecule has 9 aromatic carbocycles. The summed E-state index contributed by atoms with van der Waals surface area (Å²) in [7, 11) is 14.6. The molecule has 0 bridgehead atoms. The monoisotopic (exact) mass is 1990 g/mol. The molecule has 38 heteroatoms. The first-order valence-electron chi connectivity index (χ1n) is 46.1. The van der Waals surface area contributed by atoms with Gasteiger partial charge >= 0.3 is 5.97 Å². The Morgan fingerprint density at radius 1 is 0.458 bits per heavy atom. The summed E-state index contributed by atoms with van der Waals surface area (Å²) in [5.41, 5.74) is 20.6. The number of carbonyl (C=O) groups is 3. The SMILES string of the molecule is COC(=O)[C@@H]1CCCN1CCN(c1cc(OC)cc(OC)c1)c1ccc2ncc(-c3cnn(C)c3)nc2c1.COc1cc(F)cc(N(CC2CC2)c2ccc3ncc(-c4cnn(CCO)c4)nc3c2)c1.COc1cc(OC)cc(N(CCCN2C(=O)c3ccccc3C2=O)c2ccc3ncc(-c4cn[nH]c4)nc3c2)c1.COc1cc(OC)cc(N(Cc2ccc(Cl)s2)c2ccc3ncc(-c4cn[nH]c4)nc3c2)c1.S. The summed E-state index contributed by atoms with van der Waals surface area (Å²) < 4.78 is 61.9. The Kier molecular flexibility index (Phi) is 31.4. The summed E-state index contributed by atoms with van der Waals surface area (Å²) in [6, 6.07) is 56.6. The molecule has 2 aliphatic heterocycles. The molecule has 3 aliphatic rings. The Labute approximate surface area is 844 Å². The van der Waals surface area contributed by atoms with Crippen molar-refractivity contribution in [1.82, 2.24) is 89.6 Å². The quantitative estimate of drug-likeness (QED) is 0.0254. The number of aromatic amines is 2. The number of imide groups is 1. The van der Waals surface area contributed by atoms with Crippen molar-refractivity contribution in [3.8, 4) is 85.3 Å². The number of benzene rings is 9. The number of hydrogen-bond donors (Lipinski definition) is 3. The second-order valence-electron chi connectivity index (χ2n) is 33.9. The molecule has 0 unspecified atom stereocenters. The molecule has 1 atom stereocenters. The Morgan fingerprint density at radius 3 is 1.31 bits per heavy atom. The van der Waals surface area contributed by atoms with E-state index in [1.807, 2.05) is 165 Å². The number of likely N-dealkylation sites (tertiary alicyclic amines) is 1. The van der Waals surface area contributed by atoms with Crippen molar-refractivity contribution in [3.63, 3.8) is 0 Å². The van der Waals surface area contributed by atoms with Crippen molar-refractivity contribution in [3.05, 3.63) is 283 Å². The lowest BCUT2D eigenvalue weighted by molar-refractivity contribution is -0.145. The highest BCUT2D eigenvalue weighted by atomic mass is 35.5. The van der Waals surface area contributed by atoms with E-state index >= 15 is 0 Å². The summed E-state index contributed by atoms with van der Waals surface area (Å²) in [5.74, 6) is 4.13. The number of fused-ring (bicyclic) bond motifs is 5. The van der Waals surface area contributed by atoms with Crippen LogP contribution in [-0.4, -0.2) is 221 Å². The Balaban J connectivity index is 0.000000132. The van der Waals surface area contributed by atoms with Crippen LogP contribution in [0, 0.1) is 11.7 Å². The van der Waals surface area contributed by atoms with Gasteiger partial charge in [-0.05, 0) is 148 Å². The van der Waals surface area contributed by atoms with Crippen LogP contribution in [0.15, 0.2) is 256 Å². The third-order valence-electron chi connectivity index (χ3n) is 24.7. The molecule has 18 aromatic rings. The minimum atomic E-state index is -0.331. The summed E-state index contributed by atoms with van der Waals surface area (Å²) >= 11 is 7.76. The number of nitrogens with one attached hydrogen (secondary N) is 2. The second-order valence-corrected chi connectivity index (χ2v) is 35.7. The van der Waals surface area contributed by atoms with Crippen molar-refractivity contribution >= 4 is 144 Å². The van der Waals surface area contributed by atoms with Crippen LogP contribution in [0.25, 0.3) is 89.2 Å². The van der Waals surface area contributed by atoms with Gasteiger partial charge in [0.05, 0.1) is 209 Å². The molecule has 2 amide bonds. The average Bonchev–Trinajstić information content (AvgIpc) is 1.59. The zero-order chi connectivity index (χ0) is 99.2. The Hall–Kier alpha value is -16.2. The number of methoxy groups -OCH3 is 8. The predicted molar refractivity (Wildman–Crippen MR) is 558 cm³/mol. The van der Waals surface area contributed by atoms with Crippen molar-refractivity contribution in [1.29, 1.82) is 0 Å². The third kappa shape index (κ3) is 23.2. The molecule has 1 aliphatic carbocycles. The molecular formula is C106H104ClFN22O12S2. The van der Waals surface area contributed by atoms with Crippen LogP contribution >= 0.6 is 36.4 Å². The summed E-state index contributed by atoms with van der Waals surface area (Å²) in [6.07, 6.45) is 25.9. The van der Waals surface area contributed by atoms with Crippen molar-refractivity contribution in [2.24, 2.45) is 13.0 Å². The first-order chi connectivity index (χ1) is 69.8. The van der Waals surface area contributed by atoms with E-state index in [0.29, 0.717) is 108 Å². The number of aliphatic hydroxyl groups is 1. The van der Waals surface area contributed by atoms with Crippen LogP contribution in [0.1, 0.15) is 57.7 Å². The van der Waals surface area contributed by atoms with Gasteiger partial charge in [-0.1, -0.05) is 23.7 Å². The first kappa shape index (κ1) is 99.3. The maximum absolute atomic E-state index is 14.2. The van der Waals surface area contributed by atoms with Crippen LogP contribution in [0.5, 0.6) is 40.2 Å². The van der Waals surface area contributed by atoms with Crippen molar-refractivity contribution in [2.45, 2.75) is 51.2 Å². The van der Waals surface area contributed by atoms with Crippen LogP contribution in [-0.2, 0) is 29.7 Å². The number of aryl methyl sites for hydroxylation is 1. The zero-order valence-electron chi connectivity index (χ0n) is 80.3. The van der Waals surface area contributed by atoms with E-state index < -0.39 is 0 Å². The lowest BCUT2D eigenvalue weighted by Crippen LogP contribution is -2.41. The molecule has 21 rings (SSSR count). The highest BCUT2D eigenvalue weighted by molar-refractivity contribution is 7.59. The molecule has 0 spiro atoms. The van der Waals surface area contributed by atoms with Crippen LogP contribution < -0.4 is 52.8 Å². The molecule has 1 saturated heterocycles. The topological polar surface area (TPSA) is 361 Å². The van der Waals surface area contributed by atoms with Crippen molar-refractivity contribution in [2.75, 3.05) is 122 Å². The van der Waals surface area contributed by atoms with Crippen LogP contribution in [0.3, 0.4) is 0 Å². The largest absolute Gasteiger partial charge is 0.497 e. The fourth-order valence-corrected chi connectivity index (χ4v) is 18.2. The maximum Gasteiger partial charge on any atom is 0.323 e. The smallest absolute Gasteiger partial charge is 0.323 e. The molecule has 11 heterocycles. The molecule has 2 fully saturated rings. The highest BCUT2D eigenvalue weighted by Gasteiger charge is 2.36. The van der Waals surface area contributed by atoms with Crippen LogP contribution in [0.2, 0.25) is 4.34 Å². The zero-order valence-corrected chi connectivity index (χ0v) is 82.9. The fourth-order valence-electron chi connectivity index (χ4n) is 17.2. The molecule has 3 N–H and O–H groups in total. The standard InChI is InChI=1S/C30H26N6O4.C28H32N6O4.C24H20ClN5O2S.C24H24FN5O2.H2S/c1-39-22-12-21(13-23(15-22)40-2)35(10-5-11-36-29(37)24-6-3-4-7-25(24)30(36)38)20-8-9-26-27(14-20)34-28(18-31-26)19-16-32-33-17-19;1-32-18-19(16-30-32)26-17-29-24-8-7-20(14-25(24)31-26)34(21-12-22(36-2)15-23(13-21)37-3)11-10-33-9-5-6-27(33)28(35)38-4;1-31-18-7-17(8-19(10-18)32-2)30(14-20-4-6-24(25)33-20)16-3-5-21-22(9-16)29-23(13-26-21)15-11-27-28-12-15;1-32-21-9-18(25)8-20(10-21)30(14-16-2-3-16)19-4-5-22-23(11-19)28-24(13-26-22)17-12-27-29(15-17)6-7-31;/h3-4,6-9,12-18H,5,10-11H2,1-2H3,(H,32,33);7-8,12-18,27H,5-6,9-11H2,1-4H3;3-13H,14H2,1-2H3,(H,27,28);4-5,8-13,15-16,31H,2-3,6-7,14H2,1H3;1H2/t;27-;;;/m.0.../s1. The van der Waals surface area contributed by atoms with Gasteiger partial charge in [0, 0.05) is 204 Å². The van der Waals surface area contributed by atoms with E-state index in [1.165, 1.54) is 37.0 Å². The number of carbonyl (C=O) groups excluding carboxylic acids is 3. The van der Waals surface area contributed by atoms with Gasteiger partial charge in [-0.2, -0.15) is 33.9 Å². The lowest BCUT2D eigenvalue weighted by Gasteiger charge is -2.30. The van der Waals surface area contributed by atoms with Gasteiger partial charge in [0.2, 0.25) is 0 Å². The van der Waals surface area contributed by atoms with E-state index in [1.54, 1.807) is 157 Å². The second kappa shape index (κ2) is 45.6. The molecule has 9 aromatic heterocycles. The van der Waals surface area contributed by atoms with Crippen molar-refractivity contribution < 1.29 is 61.8 Å². The number of H-pyrrole nitrogens is 2. The average molecular weight is 2000 g/mol. The van der Waals surface area contributed by atoms with Gasteiger partial charge in [-0.3, -0.25) is 63.7 Å². The van der Waals surface area contributed by atoms with Crippen LogP contribution in [0.4, 0.5) is 49.9 Å². The van der Waals surface area contributed by atoms with Gasteiger partial charge < -0.3 is 62.6 Å². The van der Waals surface area contributed by atoms with Gasteiger partial charge in [0.15, 0.2) is 0 Å². The highest BCUT2D eigenvalue weighted by Crippen LogP contribution is 2.43. The van der Waals surface area contributed by atoms with E-state index in [2.05, 4.69) is 75.0 Å². The number of hydrogen-bond acceptors (Lipinski definition) is 30. The molecule has 144 heavy (non-hydrogen) atoms. The van der Waals surface area contributed by atoms with Gasteiger partial charge in [-0.25, -0.2) is 24.3 Å². The number of rotatable bonds is 33. The van der Waals surface area contributed by atoms with E-state index in [4.69, 9.17) is 74.5 Å². The van der Waals surface area contributed by atoms with E-state index in [9.17, 15) is 18.8 Å². The van der Waals surface area contributed by atoms with Gasteiger partial charge in [-0.15, -0.1) is 11.3 Å².